The van der Waals surface area contributed by atoms with E-state index in [9.17, 15) is 9.59 Å². The van der Waals surface area contributed by atoms with Crippen molar-refractivity contribution in [1.29, 1.82) is 0 Å². The van der Waals surface area contributed by atoms with E-state index in [1.165, 1.54) is 0 Å². The molecule has 166 valence electrons. The van der Waals surface area contributed by atoms with Crippen LogP contribution in [0.2, 0.25) is 0 Å². The molecule has 3 heterocycles. The van der Waals surface area contributed by atoms with Crippen LogP contribution in [0, 0.1) is 5.92 Å². The highest BCUT2D eigenvalue weighted by molar-refractivity contribution is 5.98. The Bertz CT molecular complexity index is 1400. The fraction of sp³-hybridized carbons (Fsp3) is 0.286. The third-order valence-electron chi connectivity index (χ3n) is 7.05. The summed E-state index contributed by atoms with van der Waals surface area (Å²) in [5, 5.41) is 3.38. The molecule has 0 saturated carbocycles. The van der Waals surface area contributed by atoms with Gasteiger partial charge in [0.05, 0.1) is 12.6 Å². The SMILES string of the molecule is CC(C)CN1CC(=O)N2[C@@H](c3cccc4ccccc34)c3[nH]c4ccccc4c3C[C@H]2C1=O. The minimum absolute atomic E-state index is 0.0162. The van der Waals surface area contributed by atoms with Crippen molar-refractivity contribution in [2.45, 2.75) is 32.4 Å². The Morgan fingerprint density at radius 3 is 2.48 bits per heavy atom. The summed E-state index contributed by atoms with van der Waals surface area (Å²) in [6, 6.07) is 21.9. The number of benzene rings is 3. The average Bonchev–Trinajstić information content (AvgIpc) is 3.19. The van der Waals surface area contributed by atoms with Crippen LogP contribution < -0.4 is 0 Å². The lowest BCUT2D eigenvalue weighted by atomic mass is 9.84. The van der Waals surface area contributed by atoms with Crippen molar-refractivity contribution in [2.24, 2.45) is 5.92 Å². The second-order valence-corrected chi connectivity index (χ2v) is 9.67. The van der Waals surface area contributed by atoms with Gasteiger partial charge in [0.25, 0.3) is 0 Å². The Hall–Kier alpha value is -3.60. The van der Waals surface area contributed by atoms with Crippen LogP contribution in [0.5, 0.6) is 0 Å². The molecule has 0 spiro atoms. The van der Waals surface area contributed by atoms with Crippen molar-refractivity contribution in [3.05, 3.63) is 83.6 Å². The first-order chi connectivity index (χ1) is 16.0. The Kier molecular flexibility index (Phi) is 4.54. The van der Waals surface area contributed by atoms with Gasteiger partial charge in [-0.15, -0.1) is 0 Å². The number of hydrogen-bond donors (Lipinski definition) is 1. The topological polar surface area (TPSA) is 56.4 Å². The Morgan fingerprint density at radius 1 is 0.939 bits per heavy atom. The zero-order valence-electron chi connectivity index (χ0n) is 18.9. The maximum absolute atomic E-state index is 13.7. The van der Waals surface area contributed by atoms with Crippen LogP contribution in [-0.2, 0) is 16.0 Å². The second kappa shape index (κ2) is 7.48. The van der Waals surface area contributed by atoms with Gasteiger partial charge in [0, 0.05) is 29.6 Å². The van der Waals surface area contributed by atoms with Crippen molar-refractivity contribution in [1.82, 2.24) is 14.8 Å². The third-order valence-corrected chi connectivity index (χ3v) is 7.05. The largest absolute Gasteiger partial charge is 0.356 e. The van der Waals surface area contributed by atoms with Gasteiger partial charge in [0.1, 0.15) is 6.04 Å². The monoisotopic (exact) mass is 437 g/mol. The number of nitrogens with one attached hydrogen (secondary N) is 1. The van der Waals surface area contributed by atoms with E-state index in [1.807, 2.05) is 35.2 Å². The van der Waals surface area contributed by atoms with E-state index in [4.69, 9.17) is 0 Å². The Morgan fingerprint density at radius 2 is 1.67 bits per heavy atom. The standard InChI is InChI=1S/C28H27N3O2/c1-17(2)15-30-16-25(32)31-24(28(30)33)14-22-20-11-5-6-13-23(20)29-26(22)27(31)21-12-7-9-18-8-3-4-10-19(18)21/h3-13,17,24,27,29H,14-16H2,1-2H3/t24-,27-/m0/s1. The van der Waals surface area contributed by atoms with Crippen LogP contribution >= 0.6 is 0 Å². The van der Waals surface area contributed by atoms with Gasteiger partial charge in [-0.25, -0.2) is 0 Å². The summed E-state index contributed by atoms with van der Waals surface area (Å²) >= 11 is 0. The maximum Gasteiger partial charge on any atom is 0.246 e. The quantitative estimate of drug-likeness (QED) is 0.507. The van der Waals surface area contributed by atoms with E-state index in [0.717, 1.165) is 38.5 Å². The van der Waals surface area contributed by atoms with E-state index >= 15 is 0 Å². The molecule has 5 heteroatoms. The molecule has 2 aliphatic rings. The van der Waals surface area contributed by atoms with Crippen LogP contribution in [0.3, 0.4) is 0 Å². The number of para-hydroxylation sites is 1. The summed E-state index contributed by atoms with van der Waals surface area (Å²) in [6.07, 6.45) is 0.541. The van der Waals surface area contributed by atoms with E-state index in [-0.39, 0.29) is 24.4 Å². The highest BCUT2D eigenvalue weighted by Crippen LogP contribution is 2.44. The van der Waals surface area contributed by atoms with Gasteiger partial charge in [-0.3, -0.25) is 9.59 Å². The summed E-state index contributed by atoms with van der Waals surface area (Å²) in [4.78, 5) is 34.5. The lowest BCUT2D eigenvalue weighted by Crippen LogP contribution is -2.63. The fourth-order valence-electron chi connectivity index (χ4n) is 5.73. The van der Waals surface area contributed by atoms with Gasteiger partial charge >= 0.3 is 0 Å². The summed E-state index contributed by atoms with van der Waals surface area (Å²) in [6.45, 7) is 4.92. The number of hydrogen-bond acceptors (Lipinski definition) is 2. The lowest BCUT2D eigenvalue weighted by molar-refractivity contribution is -0.159. The smallest absolute Gasteiger partial charge is 0.246 e. The molecule has 0 radical (unpaired) electrons. The molecular formula is C28H27N3O2. The van der Waals surface area contributed by atoms with Gasteiger partial charge in [-0.2, -0.15) is 0 Å². The fourth-order valence-corrected chi connectivity index (χ4v) is 5.73. The maximum atomic E-state index is 13.7. The van der Waals surface area contributed by atoms with Crippen molar-refractivity contribution in [3.8, 4) is 0 Å². The molecule has 33 heavy (non-hydrogen) atoms. The van der Waals surface area contributed by atoms with Crippen LogP contribution in [0.1, 0.15) is 36.7 Å². The first-order valence-corrected chi connectivity index (χ1v) is 11.7. The molecule has 1 saturated heterocycles. The van der Waals surface area contributed by atoms with Gasteiger partial charge in [0.15, 0.2) is 0 Å². The predicted octanol–water partition coefficient (Wildman–Crippen LogP) is 4.66. The summed E-state index contributed by atoms with van der Waals surface area (Å²) < 4.78 is 0. The number of rotatable bonds is 3. The summed E-state index contributed by atoms with van der Waals surface area (Å²) in [7, 11) is 0. The first kappa shape index (κ1) is 20.0. The molecular weight excluding hydrogens is 410 g/mol. The van der Waals surface area contributed by atoms with E-state index in [0.29, 0.717) is 18.9 Å². The molecule has 6 rings (SSSR count). The number of aromatic amines is 1. The van der Waals surface area contributed by atoms with E-state index in [1.54, 1.807) is 4.90 Å². The van der Waals surface area contributed by atoms with Crippen LogP contribution in [-0.4, -0.2) is 45.7 Å². The molecule has 2 atom stereocenters. The number of fused-ring (bicyclic) bond motifs is 5. The van der Waals surface area contributed by atoms with E-state index < -0.39 is 6.04 Å². The predicted molar refractivity (Wildman–Crippen MR) is 130 cm³/mol. The number of H-pyrrole nitrogens is 1. The molecule has 2 amide bonds. The molecule has 0 aliphatic carbocycles. The zero-order valence-corrected chi connectivity index (χ0v) is 18.9. The second-order valence-electron chi connectivity index (χ2n) is 9.67. The van der Waals surface area contributed by atoms with Crippen molar-refractivity contribution >= 4 is 33.5 Å². The molecule has 0 bridgehead atoms. The van der Waals surface area contributed by atoms with E-state index in [2.05, 4.69) is 55.2 Å². The highest BCUT2D eigenvalue weighted by atomic mass is 16.2. The highest BCUT2D eigenvalue weighted by Gasteiger charge is 2.48. The lowest BCUT2D eigenvalue weighted by Gasteiger charge is -2.47. The molecule has 5 nitrogen and oxygen atoms in total. The van der Waals surface area contributed by atoms with Gasteiger partial charge in [-0.1, -0.05) is 74.5 Å². The normalized spacial score (nSPS) is 20.6. The van der Waals surface area contributed by atoms with Crippen LogP contribution in [0.4, 0.5) is 0 Å². The van der Waals surface area contributed by atoms with Gasteiger partial charge in [-0.05, 0) is 33.9 Å². The molecule has 0 unspecified atom stereocenters. The summed E-state index contributed by atoms with van der Waals surface area (Å²) in [5.41, 5.74) is 4.29. The number of amides is 2. The van der Waals surface area contributed by atoms with Crippen molar-refractivity contribution in [3.63, 3.8) is 0 Å². The molecule has 1 N–H and O–H groups in total. The Balaban J connectivity index is 1.59. The van der Waals surface area contributed by atoms with Gasteiger partial charge < -0.3 is 14.8 Å². The number of nitrogens with zero attached hydrogens (tertiary/aromatic N) is 2. The Labute approximate surface area is 193 Å². The molecule has 2 aliphatic heterocycles. The van der Waals surface area contributed by atoms with Crippen molar-refractivity contribution < 1.29 is 9.59 Å². The van der Waals surface area contributed by atoms with Crippen LogP contribution in [0.15, 0.2) is 66.7 Å². The van der Waals surface area contributed by atoms with Gasteiger partial charge in [0.2, 0.25) is 11.8 Å². The number of carbonyl (C=O) groups is 2. The minimum Gasteiger partial charge on any atom is -0.356 e. The number of carbonyl (C=O) groups excluding carboxylic acids is 2. The van der Waals surface area contributed by atoms with Crippen LogP contribution in [0.25, 0.3) is 21.7 Å². The zero-order chi connectivity index (χ0) is 22.7. The number of piperazine rings is 1. The first-order valence-electron chi connectivity index (χ1n) is 11.7. The molecule has 4 aromatic rings. The molecule has 3 aromatic carbocycles. The van der Waals surface area contributed by atoms with Crippen molar-refractivity contribution in [2.75, 3.05) is 13.1 Å². The summed E-state index contributed by atoms with van der Waals surface area (Å²) in [5.74, 6) is 0.390. The third kappa shape index (κ3) is 3.06. The average molecular weight is 438 g/mol. The minimum atomic E-state index is -0.485. The number of aromatic nitrogens is 1. The molecule has 1 aromatic heterocycles. The molecule has 1 fully saturated rings.